The van der Waals surface area contributed by atoms with Crippen molar-refractivity contribution >= 4 is 17.8 Å². The van der Waals surface area contributed by atoms with Crippen LogP contribution >= 0.6 is 0 Å². The summed E-state index contributed by atoms with van der Waals surface area (Å²) < 4.78 is 1.98. The number of carboxylic acids is 1. The summed E-state index contributed by atoms with van der Waals surface area (Å²) in [5.74, 6) is -1.79. The fraction of sp³-hybridized carbons (Fsp3) is 0.296. The topological polar surface area (TPSA) is 91.6 Å². The molecule has 1 atom stereocenters. The maximum absolute atomic E-state index is 13.3. The predicted molar refractivity (Wildman–Crippen MR) is 129 cm³/mol. The summed E-state index contributed by atoms with van der Waals surface area (Å²) in [7, 11) is 1.60. The van der Waals surface area contributed by atoms with Gasteiger partial charge in [-0.3, -0.25) is 9.59 Å². The maximum atomic E-state index is 13.3. The second kappa shape index (κ2) is 9.17. The van der Waals surface area contributed by atoms with Crippen LogP contribution in [0, 0.1) is 13.8 Å². The number of carboxylic acid groups (broad SMARTS) is 1. The van der Waals surface area contributed by atoms with Gasteiger partial charge >= 0.3 is 5.97 Å². The summed E-state index contributed by atoms with van der Waals surface area (Å²) in [6, 6.07) is 16.4. The summed E-state index contributed by atoms with van der Waals surface area (Å²) in [5.41, 5.74) is 3.05. The number of nitrogens with one attached hydrogen (secondary N) is 1. The molecule has 7 nitrogen and oxygen atoms in total. The van der Waals surface area contributed by atoms with Crippen LogP contribution in [0.25, 0.3) is 5.69 Å². The van der Waals surface area contributed by atoms with Gasteiger partial charge in [-0.1, -0.05) is 29.3 Å². The van der Waals surface area contributed by atoms with E-state index in [1.807, 2.05) is 73.3 Å². The average Bonchev–Trinajstić information content (AvgIpc) is 3.38. The highest BCUT2D eigenvalue weighted by Gasteiger charge is 2.52. The lowest BCUT2D eigenvalue weighted by Crippen LogP contribution is -2.54. The predicted octanol–water partition coefficient (Wildman–Crippen LogP) is 3.51. The van der Waals surface area contributed by atoms with Crippen molar-refractivity contribution in [3.8, 4) is 5.69 Å². The van der Waals surface area contributed by atoms with Crippen LogP contribution < -0.4 is 5.32 Å². The summed E-state index contributed by atoms with van der Waals surface area (Å²) in [6.45, 7) is 3.84. The third kappa shape index (κ3) is 4.88. The molecule has 3 aromatic rings. The molecule has 0 saturated heterocycles. The number of carbonyl (C=O) groups is 3. The largest absolute Gasteiger partial charge is 0.480 e. The number of carbonyl (C=O) groups excluding carboxylic acids is 2. The molecule has 176 valence electrons. The van der Waals surface area contributed by atoms with Gasteiger partial charge in [-0.2, -0.15) is 0 Å². The van der Waals surface area contributed by atoms with Gasteiger partial charge in [0.2, 0.25) is 5.91 Å². The molecule has 0 radical (unpaired) electrons. The van der Waals surface area contributed by atoms with Crippen molar-refractivity contribution in [2.75, 3.05) is 7.05 Å². The number of hydrogen-bond acceptors (Lipinski definition) is 3. The van der Waals surface area contributed by atoms with E-state index in [1.165, 1.54) is 4.90 Å². The van der Waals surface area contributed by atoms with Gasteiger partial charge in [-0.15, -0.1) is 0 Å². The van der Waals surface area contributed by atoms with Crippen molar-refractivity contribution < 1.29 is 19.5 Å². The summed E-state index contributed by atoms with van der Waals surface area (Å²) in [6.07, 6.45) is 4.94. The Bertz CT molecular complexity index is 1190. The molecule has 0 bridgehead atoms. The van der Waals surface area contributed by atoms with Crippen molar-refractivity contribution in [2.24, 2.45) is 0 Å². The highest BCUT2D eigenvalue weighted by atomic mass is 16.4. The minimum atomic E-state index is -1.22. The number of aliphatic carboxylic acids is 1. The third-order valence-corrected chi connectivity index (χ3v) is 6.35. The molecule has 1 fully saturated rings. The van der Waals surface area contributed by atoms with Gasteiger partial charge < -0.3 is 19.9 Å². The lowest BCUT2D eigenvalue weighted by molar-refractivity contribution is -0.143. The van der Waals surface area contributed by atoms with Crippen LogP contribution in [-0.4, -0.2) is 51.0 Å². The van der Waals surface area contributed by atoms with Crippen molar-refractivity contribution in [3.05, 3.63) is 89.2 Å². The summed E-state index contributed by atoms with van der Waals surface area (Å²) in [5, 5.41) is 12.2. The van der Waals surface area contributed by atoms with E-state index in [4.69, 9.17) is 0 Å². The Hall–Kier alpha value is -3.87. The second-order valence-electron chi connectivity index (χ2n) is 9.15. The van der Waals surface area contributed by atoms with Gasteiger partial charge in [0.15, 0.2) is 0 Å². The standard InChI is InChI=1S/C27H29N3O4/c1-18-14-19(2)16-21(15-18)25(32)29(3)23(24(31)28-27(10-11-27)26(33)34)17-20-6-8-22(9-7-20)30-12-4-5-13-30/h4-9,12-16,23H,10-11,17H2,1-3H3,(H,28,31)(H,33,34). The normalized spacial score (nSPS) is 14.8. The van der Waals surface area contributed by atoms with Gasteiger partial charge in [0.25, 0.3) is 5.91 Å². The number of aromatic nitrogens is 1. The number of benzene rings is 2. The molecule has 2 amide bonds. The molecule has 2 N–H and O–H groups in total. The van der Waals surface area contributed by atoms with Crippen LogP contribution in [0.3, 0.4) is 0 Å². The molecule has 1 aliphatic carbocycles. The zero-order valence-electron chi connectivity index (χ0n) is 19.6. The van der Waals surface area contributed by atoms with E-state index in [-0.39, 0.29) is 12.3 Å². The minimum Gasteiger partial charge on any atom is -0.480 e. The molecule has 1 heterocycles. The Morgan fingerprint density at radius 1 is 1.03 bits per heavy atom. The first kappa shape index (κ1) is 23.3. The monoisotopic (exact) mass is 459 g/mol. The molecule has 1 aliphatic rings. The van der Waals surface area contributed by atoms with Gasteiger partial charge in [0.05, 0.1) is 0 Å². The third-order valence-electron chi connectivity index (χ3n) is 6.35. The highest BCUT2D eigenvalue weighted by molar-refractivity contribution is 5.99. The molecule has 0 spiro atoms. The summed E-state index contributed by atoms with van der Waals surface area (Å²) in [4.78, 5) is 39.7. The van der Waals surface area contributed by atoms with E-state index in [0.717, 1.165) is 22.4 Å². The average molecular weight is 460 g/mol. The second-order valence-corrected chi connectivity index (χ2v) is 9.15. The zero-order valence-corrected chi connectivity index (χ0v) is 19.6. The first-order chi connectivity index (χ1) is 16.2. The van der Waals surface area contributed by atoms with E-state index < -0.39 is 23.5 Å². The Balaban J connectivity index is 1.60. The number of amides is 2. The van der Waals surface area contributed by atoms with Crippen molar-refractivity contribution in [1.29, 1.82) is 0 Å². The maximum Gasteiger partial charge on any atom is 0.329 e. The van der Waals surface area contributed by atoms with Gasteiger partial charge in [0, 0.05) is 37.1 Å². The quantitative estimate of drug-likeness (QED) is 0.539. The SMILES string of the molecule is Cc1cc(C)cc(C(=O)N(C)C(Cc2ccc(-n3cccc3)cc2)C(=O)NC2(C(=O)O)CC2)c1. The van der Waals surface area contributed by atoms with E-state index in [2.05, 4.69) is 5.32 Å². The Kier molecular flexibility index (Phi) is 6.28. The smallest absolute Gasteiger partial charge is 0.329 e. The van der Waals surface area contributed by atoms with Crippen LogP contribution in [0.15, 0.2) is 67.0 Å². The van der Waals surface area contributed by atoms with E-state index in [1.54, 1.807) is 19.2 Å². The Labute approximate surface area is 199 Å². The first-order valence-electron chi connectivity index (χ1n) is 11.3. The summed E-state index contributed by atoms with van der Waals surface area (Å²) >= 11 is 0. The van der Waals surface area contributed by atoms with Crippen molar-refractivity contribution in [1.82, 2.24) is 14.8 Å². The molecule has 2 aromatic carbocycles. The first-order valence-corrected chi connectivity index (χ1v) is 11.3. The zero-order chi connectivity index (χ0) is 24.5. The molecule has 1 unspecified atom stereocenters. The molecule has 4 rings (SSSR count). The molecule has 1 saturated carbocycles. The van der Waals surface area contributed by atoms with Crippen LogP contribution in [-0.2, 0) is 16.0 Å². The minimum absolute atomic E-state index is 0.264. The van der Waals surface area contributed by atoms with Gasteiger partial charge in [-0.05, 0) is 68.7 Å². The lowest BCUT2D eigenvalue weighted by atomic mass is 10.0. The number of nitrogens with zero attached hydrogens (tertiary/aromatic N) is 2. The molecule has 7 heteroatoms. The van der Waals surface area contributed by atoms with Gasteiger partial charge in [0.1, 0.15) is 11.6 Å². The molecule has 34 heavy (non-hydrogen) atoms. The molecular weight excluding hydrogens is 430 g/mol. The van der Waals surface area contributed by atoms with Gasteiger partial charge in [-0.25, -0.2) is 4.79 Å². The fourth-order valence-electron chi connectivity index (χ4n) is 4.22. The Morgan fingerprint density at radius 2 is 1.62 bits per heavy atom. The molecule has 1 aromatic heterocycles. The number of likely N-dealkylation sites (N-methyl/N-ethyl adjacent to an activating group) is 1. The van der Waals surface area contributed by atoms with E-state index in [9.17, 15) is 19.5 Å². The number of hydrogen-bond donors (Lipinski definition) is 2. The van der Waals surface area contributed by atoms with Crippen LogP contribution in [0.4, 0.5) is 0 Å². The van der Waals surface area contributed by atoms with E-state index in [0.29, 0.717) is 18.4 Å². The van der Waals surface area contributed by atoms with Crippen molar-refractivity contribution in [2.45, 2.75) is 44.7 Å². The van der Waals surface area contributed by atoms with Crippen LogP contribution in [0.5, 0.6) is 0 Å². The highest BCUT2D eigenvalue weighted by Crippen LogP contribution is 2.35. The molecular formula is C27H29N3O4. The lowest BCUT2D eigenvalue weighted by Gasteiger charge is -2.29. The van der Waals surface area contributed by atoms with Crippen LogP contribution in [0.1, 0.15) is 39.9 Å². The van der Waals surface area contributed by atoms with E-state index >= 15 is 0 Å². The van der Waals surface area contributed by atoms with Crippen LogP contribution in [0.2, 0.25) is 0 Å². The number of rotatable bonds is 8. The molecule has 0 aliphatic heterocycles. The fourth-order valence-corrected chi connectivity index (χ4v) is 4.22. The Morgan fingerprint density at radius 3 is 2.15 bits per heavy atom. The number of aryl methyl sites for hydroxylation is 2. The van der Waals surface area contributed by atoms with Crippen molar-refractivity contribution in [3.63, 3.8) is 0 Å².